The summed E-state index contributed by atoms with van der Waals surface area (Å²) in [6.07, 6.45) is 6.31. The van der Waals surface area contributed by atoms with Crippen LogP contribution in [-0.2, 0) is 25.5 Å². The summed E-state index contributed by atoms with van der Waals surface area (Å²) in [6, 6.07) is 9.40. The van der Waals surface area contributed by atoms with Gasteiger partial charge in [-0.2, -0.15) is 0 Å². The van der Waals surface area contributed by atoms with Gasteiger partial charge < -0.3 is 14.8 Å². The molecule has 0 bridgehead atoms. The topological polar surface area (TPSA) is 110 Å². The molecule has 1 aliphatic rings. The number of benzene rings is 1. The van der Waals surface area contributed by atoms with E-state index in [0.29, 0.717) is 25.4 Å². The summed E-state index contributed by atoms with van der Waals surface area (Å²) in [5, 5.41) is 13.5. The van der Waals surface area contributed by atoms with Crippen LogP contribution in [0.4, 0.5) is 0 Å². The van der Waals surface area contributed by atoms with Crippen molar-refractivity contribution in [3.8, 4) is 0 Å². The number of aromatic nitrogens is 1. The number of carbonyl (C=O) groups excluding carboxylic acids is 2. The maximum Gasteiger partial charge on any atom is 0.246 e. The normalized spacial score (nSPS) is 20.0. The number of nitrogens with one attached hydrogen (secondary N) is 2. The molecule has 186 valence electrons. The van der Waals surface area contributed by atoms with E-state index in [-0.39, 0.29) is 31.3 Å². The molecular weight excluding hydrogens is 434 g/mol. The minimum atomic E-state index is -0.569. The molecule has 8 nitrogen and oxygen atoms in total. The van der Waals surface area contributed by atoms with Gasteiger partial charge >= 0.3 is 0 Å². The minimum absolute atomic E-state index is 0.00689. The van der Waals surface area contributed by atoms with E-state index < -0.39 is 11.8 Å². The molecular formula is C26H37N3O5. The van der Waals surface area contributed by atoms with Gasteiger partial charge in [0.2, 0.25) is 11.8 Å². The standard InChI is InChI=1S/C26H37N3O5/c1-3-33-17-34-16-23(28-25(30)20-10-8-18(2)9-11-20)14-22(26(31)29-32)13-19-12-21-6-4-5-7-24(21)27-15-19/h4-7,12,15,18,20,22-23,32H,3,8-11,13-14,16-17H2,1-2H3,(H,28,30)(H,29,31)/t18-,20-,22-,23-/m0/s1. The molecule has 3 rings (SSSR count). The molecule has 2 amide bonds. The van der Waals surface area contributed by atoms with E-state index >= 15 is 0 Å². The number of nitrogens with zero attached hydrogens (tertiary/aromatic N) is 1. The lowest BCUT2D eigenvalue weighted by atomic mass is 9.82. The van der Waals surface area contributed by atoms with Gasteiger partial charge in [-0.3, -0.25) is 19.8 Å². The van der Waals surface area contributed by atoms with Crippen molar-refractivity contribution in [2.75, 3.05) is 20.0 Å². The molecule has 1 aliphatic carbocycles. The fraction of sp³-hybridized carbons (Fsp3) is 0.577. The van der Waals surface area contributed by atoms with E-state index in [1.54, 1.807) is 11.7 Å². The van der Waals surface area contributed by atoms with Crippen LogP contribution in [0.5, 0.6) is 0 Å². The number of hydroxylamine groups is 1. The van der Waals surface area contributed by atoms with Crippen molar-refractivity contribution in [2.45, 2.75) is 58.4 Å². The molecule has 34 heavy (non-hydrogen) atoms. The Morgan fingerprint density at radius 3 is 2.68 bits per heavy atom. The van der Waals surface area contributed by atoms with Crippen molar-refractivity contribution >= 4 is 22.7 Å². The Morgan fingerprint density at radius 1 is 1.18 bits per heavy atom. The number of ether oxygens (including phenoxy) is 2. The zero-order valence-electron chi connectivity index (χ0n) is 20.2. The van der Waals surface area contributed by atoms with Gasteiger partial charge in [0.05, 0.1) is 18.2 Å². The lowest BCUT2D eigenvalue weighted by molar-refractivity contribution is -0.135. The summed E-state index contributed by atoms with van der Waals surface area (Å²) in [5.41, 5.74) is 3.55. The Hall–Kier alpha value is -2.55. The van der Waals surface area contributed by atoms with Crippen LogP contribution in [0.25, 0.3) is 10.9 Å². The van der Waals surface area contributed by atoms with E-state index in [9.17, 15) is 14.8 Å². The molecule has 1 aromatic heterocycles. The summed E-state index contributed by atoms with van der Waals surface area (Å²) in [6.45, 7) is 4.97. The lowest BCUT2D eigenvalue weighted by Gasteiger charge is -2.29. The number of hydrogen-bond donors (Lipinski definition) is 3. The van der Waals surface area contributed by atoms with Gasteiger partial charge in [-0.1, -0.05) is 25.1 Å². The van der Waals surface area contributed by atoms with Crippen LogP contribution in [0.3, 0.4) is 0 Å². The molecule has 8 heteroatoms. The van der Waals surface area contributed by atoms with Crippen LogP contribution in [0.15, 0.2) is 36.5 Å². The van der Waals surface area contributed by atoms with Crippen LogP contribution >= 0.6 is 0 Å². The third kappa shape index (κ3) is 7.75. The largest absolute Gasteiger partial charge is 0.356 e. The highest BCUT2D eigenvalue weighted by Crippen LogP contribution is 2.28. The van der Waals surface area contributed by atoms with Crippen molar-refractivity contribution in [3.05, 3.63) is 42.1 Å². The van der Waals surface area contributed by atoms with Crippen LogP contribution in [0.1, 0.15) is 51.5 Å². The van der Waals surface area contributed by atoms with Crippen molar-refractivity contribution in [1.29, 1.82) is 0 Å². The summed E-state index contributed by atoms with van der Waals surface area (Å²) in [4.78, 5) is 30.0. The average Bonchev–Trinajstić information content (AvgIpc) is 2.85. The van der Waals surface area contributed by atoms with Crippen LogP contribution < -0.4 is 10.8 Å². The van der Waals surface area contributed by atoms with E-state index in [0.717, 1.165) is 42.1 Å². The van der Waals surface area contributed by atoms with E-state index in [1.807, 2.05) is 37.3 Å². The number of para-hydroxylation sites is 1. The number of amides is 2. The van der Waals surface area contributed by atoms with Gasteiger partial charge in [0.15, 0.2) is 0 Å². The van der Waals surface area contributed by atoms with Crippen LogP contribution in [0, 0.1) is 17.8 Å². The van der Waals surface area contributed by atoms with Gasteiger partial charge in [0.1, 0.15) is 6.79 Å². The van der Waals surface area contributed by atoms with Crippen molar-refractivity contribution in [1.82, 2.24) is 15.8 Å². The highest BCUT2D eigenvalue weighted by atomic mass is 16.7. The average molecular weight is 472 g/mol. The summed E-state index contributed by atoms with van der Waals surface area (Å²) >= 11 is 0. The number of carbonyl (C=O) groups is 2. The second kappa shape index (κ2) is 13.4. The highest BCUT2D eigenvalue weighted by molar-refractivity contribution is 5.81. The maximum absolute atomic E-state index is 13.0. The van der Waals surface area contributed by atoms with Gasteiger partial charge in [0.25, 0.3) is 0 Å². The Labute approximate surface area is 201 Å². The molecule has 0 unspecified atom stereocenters. The molecule has 3 N–H and O–H groups in total. The van der Waals surface area contributed by atoms with E-state index in [1.165, 1.54) is 0 Å². The smallest absolute Gasteiger partial charge is 0.246 e. The molecule has 0 aliphatic heterocycles. The van der Waals surface area contributed by atoms with Crippen molar-refractivity contribution in [2.24, 2.45) is 17.8 Å². The fourth-order valence-electron chi connectivity index (χ4n) is 4.57. The first-order valence-electron chi connectivity index (χ1n) is 12.2. The summed E-state index contributed by atoms with van der Waals surface area (Å²) in [5.74, 6) is -0.417. The summed E-state index contributed by atoms with van der Waals surface area (Å²) < 4.78 is 10.9. The first-order chi connectivity index (χ1) is 16.5. The van der Waals surface area contributed by atoms with E-state index in [2.05, 4.69) is 17.2 Å². The van der Waals surface area contributed by atoms with E-state index in [4.69, 9.17) is 9.47 Å². The van der Waals surface area contributed by atoms with Crippen molar-refractivity contribution in [3.63, 3.8) is 0 Å². The molecule has 1 heterocycles. The Bertz CT molecular complexity index is 930. The molecule has 1 saturated carbocycles. The van der Waals surface area contributed by atoms with Gasteiger partial charge in [-0.15, -0.1) is 0 Å². The lowest BCUT2D eigenvalue weighted by Crippen LogP contribution is -2.45. The number of pyridine rings is 1. The molecule has 2 aromatic rings. The minimum Gasteiger partial charge on any atom is -0.356 e. The second-order valence-electron chi connectivity index (χ2n) is 9.29. The third-order valence-electron chi connectivity index (χ3n) is 6.60. The van der Waals surface area contributed by atoms with Crippen molar-refractivity contribution < 1.29 is 24.3 Å². The van der Waals surface area contributed by atoms with Gasteiger partial charge in [-0.25, -0.2) is 5.48 Å². The zero-order chi connectivity index (χ0) is 24.3. The monoisotopic (exact) mass is 471 g/mol. The number of hydrogen-bond acceptors (Lipinski definition) is 6. The predicted octanol–water partition coefficient (Wildman–Crippen LogP) is 3.61. The molecule has 1 aromatic carbocycles. The van der Waals surface area contributed by atoms with Crippen LogP contribution in [-0.4, -0.2) is 48.1 Å². The highest BCUT2D eigenvalue weighted by Gasteiger charge is 2.29. The maximum atomic E-state index is 13.0. The van der Waals surface area contributed by atoms with Crippen LogP contribution in [0.2, 0.25) is 0 Å². The fourth-order valence-corrected chi connectivity index (χ4v) is 4.57. The number of rotatable bonds is 12. The summed E-state index contributed by atoms with van der Waals surface area (Å²) in [7, 11) is 0. The first kappa shape index (κ1) is 26.1. The van der Waals surface area contributed by atoms with Gasteiger partial charge in [0, 0.05) is 30.0 Å². The quantitative estimate of drug-likeness (QED) is 0.189. The van der Waals surface area contributed by atoms with Gasteiger partial charge in [-0.05, 0) is 69.1 Å². The SMILES string of the molecule is CCOCOC[C@H](C[C@H](Cc1cnc2ccccc2c1)C(=O)NO)NC(=O)[C@H]1CC[C@H](C)CC1. The molecule has 2 atom stereocenters. The molecule has 0 spiro atoms. The molecule has 1 fully saturated rings. The Morgan fingerprint density at radius 2 is 1.94 bits per heavy atom. The number of fused-ring (bicyclic) bond motifs is 1. The predicted molar refractivity (Wildman–Crippen MR) is 129 cm³/mol. The second-order valence-corrected chi connectivity index (χ2v) is 9.29. The third-order valence-corrected chi connectivity index (χ3v) is 6.60. The molecule has 0 saturated heterocycles. The molecule has 0 radical (unpaired) electrons. The zero-order valence-corrected chi connectivity index (χ0v) is 20.2. The Kier molecular flexibility index (Phi) is 10.2. The first-order valence-corrected chi connectivity index (χ1v) is 12.2. The Balaban J connectivity index is 1.70.